The van der Waals surface area contributed by atoms with Gasteiger partial charge in [-0.05, 0) is 49.1 Å². The number of anilines is 3. The molecule has 1 saturated carbocycles. The van der Waals surface area contributed by atoms with Gasteiger partial charge in [-0.2, -0.15) is 0 Å². The van der Waals surface area contributed by atoms with Crippen LogP contribution >= 0.6 is 23.2 Å². The number of fused-ring (bicyclic) bond motifs is 4. The van der Waals surface area contributed by atoms with E-state index in [-0.39, 0.29) is 34.9 Å². The Kier molecular flexibility index (Phi) is 8.26. The lowest BCUT2D eigenvalue weighted by molar-refractivity contribution is -0.392. The molecule has 2 aliphatic carbocycles. The minimum absolute atomic E-state index is 0.0361. The van der Waals surface area contributed by atoms with E-state index in [2.05, 4.69) is 0 Å². The highest BCUT2D eigenvalue weighted by Gasteiger charge is 2.77. The highest BCUT2D eigenvalue weighted by molar-refractivity contribution is 6.58. The van der Waals surface area contributed by atoms with Crippen molar-refractivity contribution >= 4 is 75.3 Å². The van der Waals surface area contributed by atoms with Crippen molar-refractivity contribution in [3.63, 3.8) is 0 Å². The van der Waals surface area contributed by atoms with E-state index >= 15 is 0 Å². The van der Waals surface area contributed by atoms with Crippen LogP contribution in [0, 0.1) is 43.8 Å². The zero-order chi connectivity index (χ0) is 38.5. The normalized spacial score (nSPS) is 27.6. The van der Waals surface area contributed by atoms with Gasteiger partial charge < -0.3 is 14.7 Å². The van der Waals surface area contributed by atoms with Crippen LogP contribution < -0.4 is 19.4 Å². The molecule has 0 radical (unpaired) electrons. The zero-order valence-electron chi connectivity index (χ0n) is 28.0. The molecule has 6 atom stereocenters. The summed E-state index contributed by atoms with van der Waals surface area (Å²) in [7, 11) is 4.11. The summed E-state index contributed by atoms with van der Waals surface area (Å²) in [6, 6.07) is 10.5. The van der Waals surface area contributed by atoms with Crippen molar-refractivity contribution < 1.29 is 43.3 Å². The number of nitrogens with zero attached hydrogens (tertiary/aromatic N) is 5. The average Bonchev–Trinajstić information content (AvgIpc) is 3.45. The van der Waals surface area contributed by atoms with E-state index in [1.165, 1.54) is 56.4 Å². The van der Waals surface area contributed by atoms with Crippen LogP contribution in [0.4, 0.5) is 32.8 Å². The second kappa shape index (κ2) is 12.2. The molecule has 0 spiro atoms. The van der Waals surface area contributed by atoms with Crippen molar-refractivity contribution in [2.75, 3.05) is 35.9 Å². The fourth-order valence-electron chi connectivity index (χ4n) is 8.35. The van der Waals surface area contributed by atoms with Gasteiger partial charge >= 0.3 is 11.4 Å². The number of amides is 4. The van der Waals surface area contributed by atoms with Crippen molar-refractivity contribution in [2.45, 2.75) is 28.5 Å². The minimum Gasteiger partial charge on any atom is -0.508 e. The smallest absolute Gasteiger partial charge is 0.301 e. The first-order valence-electron chi connectivity index (χ1n) is 16.1. The quantitative estimate of drug-likeness (QED) is 0.109. The second-order valence-corrected chi connectivity index (χ2v) is 14.7. The molecule has 2 heterocycles. The predicted octanol–water partition coefficient (Wildman–Crippen LogP) is 5.19. The Morgan fingerprint density at radius 3 is 2.06 bits per heavy atom. The standard InChI is InChI=1S/C35H28Cl2FN5O10/c1-39(2)29-24(42(49)50)12-18(13-25(29)43(51)52)40-30(45)22-11-10-20-23(27(22)31(40)46)15-34(36)32(47)41(17-6-4-16(38)5-7-17)33(48)35(34,37)28(20)21-9-8-19(53-3)14-26(21)44/h4-10,12-14,22-23,27-28,44H,11,15H2,1-3H3/t22-,23+,27-,28+,34+,35-/m0/s1. The van der Waals surface area contributed by atoms with Gasteiger partial charge in [0.15, 0.2) is 15.4 Å². The molecule has 3 fully saturated rings. The summed E-state index contributed by atoms with van der Waals surface area (Å²) in [6.45, 7) is 0. The van der Waals surface area contributed by atoms with Gasteiger partial charge in [0, 0.05) is 43.8 Å². The number of nitro groups is 2. The zero-order valence-corrected chi connectivity index (χ0v) is 29.5. The monoisotopic (exact) mass is 767 g/mol. The fourth-order valence-corrected chi connectivity index (χ4v) is 9.28. The SMILES string of the molecule is COc1ccc([C@H]2C3=CC[C@@H]4C(=O)N(c5cc([N+](=O)[O-])c(N(C)C)c([N+](=O)[O-])c5)C(=O)[C@@H]4[C@@H]3C[C@@]3(Cl)C(=O)N(c4ccc(F)cc4)C(=O)[C@@]23Cl)c(O)c1. The lowest BCUT2D eigenvalue weighted by atomic mass is 9.56. The highest BCUT2D eigenvalue weighted by Crippen LogP contribution is 2.66. The number of halogens is 3. The number of rotatable bonds is 7. The number of aromatic hydroxyl groups is 1. The molecule has 3 aromatic carbocycles. The maximum absolute atomic E-state index is 14.5. The first-order valence-corrected chi connectivity index (χ1v) is 16.8. The molecular weight excluding hydrogens is 740 g/mol. The maximum atomic E-state index is 14.5. The maximum Gasteiger partial charge on any atom is 0.301 e. The van der Waals surface area contributed by atoms with Crippen LogP contribution in [0.25, 0.3) is 0 Å². The first-order chi connectivity index (χ1) is 25.0. The Bertz CT molecular complexity index is 2180. The number of hydrogen-bond acceptors (Lipinski definition) is 11. The van der Waals surface area contributed by atoms with E-state index in [0.29, 0.717) is 10.5 Å². The van der Waals surface area contributed by atoms with E-state index in [9.17, 15) is 48.9 Å². The Morgan fingerprint density at radius 2 is 1.51 bits per heavy atom. The van der Waals surface area contributed by atoms with Gasteiger partial charge in [-0.15, -0.1) is 23.2 Å². The van der Waals surface area contributed by atoms with Crippen LogP contribution in [-0.4, -0.2) is 69.5 Å². The minimum atomic E-state index is -2.32. The molecule has 2 saturated heterocycles. The van der Waals surface area contributed by atoms with Gasteiger partial charge in [0.2, 0.25) is 11.8 Å². The highest BCUT2D eigenvalue weighted by atomic mass is 35.5. The van der Waals surface area contributed by atoms with E-state index in [1.54, 1.807) is 6.08 Å². The first kappa shape index (κ1) is 35.8. The summed E-state index contributed by atoms with van der Waals surface area (Å²) in [4.78, 5) is 78.0. The lowest BCUT2D eigenvalue weighted by Gasteiger charge is -2.50. The van der Waals surface area contributed by atoms with E-state index in [4.69, 9.17) is 27.9 Å². The van der Waals surface area contributed by atoms with Crippen molar-refractivity contribution in [3.05, 3.63) is 97.9 Å². The van der Waals surface area contributed by atoms with E-state index < -0.39 is 96.2 Å². The predicted molar refractivity (Wildman–Crippen MR) is 188 cm³/mol. The number of allylic oxidation sites excluding steroid dienone is 2. The van der Waals surface area contributed by atoms with E-state index in [0.717, 1.165) is 29.2 Å². The van der Waals surface area contributed by atoms with Crippen LogP contribution in [0.5, 0.6) is 11.5 Å². The summed E-state index contributed by atoms with van der Waals surface area (Å²) in [5, 5.41) is 35.5. The summed E-state index contributed by atoms with van der Waals surface area (Å²) in [5.74, 6) is -9.20. The number of nitro benzene ring substituents is 2. The average molecular weight is 769 g/mol. The molecule has 0 unspecified atom stereocenters. The van der Waals surface area contributed by atoms with Crippen LogP contribution in [0.3, 0.4) is 0 Å². The van der Waals surface area contributed by atoms with Crippen LogP contribution in [0.15, 0.2) is 66.2 Å². The topological polar surface area (TPSA) is 194 Å². The van der Waals surface area contributed by atoms with Crippen LogP contribution in [0.2, 0.25) is 0 Å². The number of imide groups is 2. The van der Waals surface area contributed by atoms with Crippen molar-refractivity contribution in [1.29, 1.82) is 0 Å². The molecule has 1 N–H and O–H groups in total. The molecule has 0 bridgehead atoms. The third-order valence-corrected chi connectivity index (χ3v) is 12.0. The summed E-state index contributed by atoms with van der Waals surface area (Å²) < 4.78 is 19.1. The number of ether oxygens (including phenoxy) is 1. The lowest BCUT2D eigenvalue weighted by Crippen LogP contribution is -2.60. The molecule has 53 heavy (non-hydrogen) atoms. The molecule has 4 amide bonds. The number of hydrogen-bond donors (Lipinski definition) is 1. The largest absolute Gasteiger partial charge is 0.508 e. The Balaban J connectivity index is 1.39. The van der Waals surface area contributed by atoms with Gasteiger partial charge in [-0.3, -0.25) is 39.4 Å². The number of benzene rings is 3. The van der Waals surface area contributed by atoms with Gasteiger partial charge in [0.25, 0.3) is 11.8 Å². The van der Waals surface area contributed by atoms with Crippen molar-refractivity contribution in [1.82, 2.24) is 0 Å². The molecule has 18 heteroatoms. The number of alkyl halides is 2. The summed E-state index contributed by atoms with van der Waals surface area (Å²) >= 11 is 14.7. The van der Waals surface area contributed by atoms with Crippen molar-refractivity contribution in [3.8, 4) is 11.5 Å². The summed E-state index contributed by atoms with van der Waals surface area (Å²) in [6.07, 6.45) is 1.05. The number of phenols is 1. The third kappa shape index (κ3) is 4.91. The molecule has 0 aromatic heterocycles. The molecular formula is C35H28Cl2FN5O10. The molecule has 4 aliphatic rings. The summed E-state index contributed by atoms with van der Waals surface area (Å²) in [5.41, 5.74) is -1.85. The number of phenolic OH excluding ortho intramolecular Hbond substituents is 1. The van der Waals surface area contributed by atoms with Crippen LogP contribution in [-0.2, 0) is 19.2 Å². The third-order valence-electron chi connectivity index (χ3n) is 10.6. The molecule has 274 valence electrons. The van der Waals surface area contributed by atoms with E-state index in [1.807, 2.05) is 0 Å². The fraction of sp³-hybridized carbons (Fsp3) is 0.314. The second-order valence-electron chi connectivity index (χ2n) is 13.4. The van der Waals surface area contributed by atoms with Gasteiger partial charge in [-0.1, -0.05) is 17.7 Å². The van der Waals surface area contributed by atoms with Gasteiger partial charge in [-0.25, -0.2) is 14.2 Å². The van der Waals surface area contributed by atoms with Gasteiger partial charge in [0.1, 0.15) is 17.3 Å². The Labute approximate surface area is 309 Å². The number of carbonyl (C=O) groups excluding carboxylic acids is 4. The van der Waals surface area contributed by atoms with Crippen molar-refractivity contribution in [2.24, 2.45) is 17.8 Å². The Hall–Kier alpha value is -5.61. The number of methoxy groups -OCH3 is 1. The molecule has 15 nitrogen and oxygen atoms in total. The van der Waals surface area contributed by atoms with Crippen LogP contribution in [0.1, 0.15) is 24.3 Å². The molecule has 2 aliphatic heterocycles. The number of carbonyl (C=O) groups is 4. The Morgan fingerprint density at radius 1 is 0.887 bits per heavy atom. The van der Waals surface area contributed by atoms with Gasteiger partial charge in [0.05, 0.1) is 40.2 Å². The molecule has 3 aromatic rings. The molecule has 7 rings (SSSR count).